The average Bonchev–Trinajstić information content (AvgIpc) is 3.01. The molecule has 6 heteroatoms. The monoisotopic (exact) mass is 331 g/mol. The van der Waals surface area contributed by atoms with Crippen LogP contribution in [0, 0.1) is 0 Å². The van der Waals surface area contributed by atoms with Gasteiger partial charge in [0.2, 0.25) is 11.8 Å². The molecule has 0 aromatic heterocycles. The summed E-state index contributed by atoms with van der Waals surface area (Å²) in [5, 5.41) is 0. The standard InChI is InChI=1S/C18H25N3O3/c1-4-20(5-2)17(23)13-19(3)18(24)14-8-6-9-15(12-14)21-11-7-10-16(21)22/h6,8-9,12H,4-5,7,10-11,13H2,1-3H3. The molecule has 0 bridgehead atoms. The van der Waals surface area contributed by atoms with E-state index in [0.29, 0.717) is 31.6 Å². The summed E-state index contributed by atoms with van der Waals surface area (Å²) < 4.78 is 0. The first-order chi connectivity index (χ1) is 11.5. The van der Waals surface area contributed by atoms with Gasteiger partial charge in [0.1, 0.15) is 0 Å². The van der Waals surface area contributed by atoms with Crippen LogP contribution in [-0.2, 0) is 9.59 Å². The first-order valence-corrected chi connectivity index (χ1v) is 8.41. The van der Waals surface area contributed by atoms with E-state index in [1.54, 1.807) is 35.0 Å². The SMILES string of the molecule is CCN(CC)C(=O)CN(C)C(=O)c1cccc(N2CCCC2=O)c1. The zero-order valence-electron chi connectivity index (χ0n) is 14.6. The van der Waals surface area contributed by atoms with Gasteiger partial charge in [-0.1, -0.05) is 6.07 Å². The number of nitrogens with zero attached hydrogens (tertiary/aromatic N) is 3. The Morgan fingerprint density at radius 2 is 1.92 bits per heavy atom. The zero-order valence-corrected chi connectivity index (χ0v) is 14.6. The molecule has 0 N–H and O–H groups in total. The van der Waals surface area contributed by atoms with Crippen molar-refractivity contribution in [2.75, 3.05) is 38.1 Å². The lowest BCUT2D eigenvalue weighted by atomic mass is 10.1. The summed E-state index contributed by atoms with van der Waals surface area (Å²) in [4.78, 5) is 41.4. The fraction of sp³-hybridized carbons (Fsp3) is 0.500. The van der Waals surface area contributed by atoms with Crippen LogP contribution in [0.15, 0.2) is 24.3 Å². The molecule has 0 atom stereocenters. The lowest BCUT2D eigenvalue weighted by molar-refractivity contribution is -0.131. The summed E-state index contributed by atoms with van der Waals surface area (Å²) >= 11 is 0. The van der Waals surface area contributed by atoms with Crippen molar-refractivity contribution >= 4 is 23.4 Å². The Morgan fingerprint density at radius 3 is 2.50 bits per heavy atom. The molecule has 24 heavy (non-hydrogen) atoms. The summed E-state index contributed by atoms with van der Waals surface area (Å²) in [5.74, 6) is -0.199. The highest BCUT2D eigenvalue weighted by molar-refractivity contribution is 5.99. The van der Waals surface area contributed by atoms with Gasteiger partial charge in [-0.05, 0) is 38.5 Å². The Balaban J connectivity index is 2.09. The minimum Gasteiger partial charge on any atom is -0.342 e. The van der Waals surface area contributed by atoms with E-state index in [-0.39, 0.29) is 24.3 Å². The van der Waals surface area contributed by atoms with Gasteiger partial charge in [-0.3, -0.25) is 14.4 Å². The van der Waals surface area contributed by atoms with E-state index in [1.807, 2.05) is 19.9 Å². The highest BCUT2D eigenvalue weighted by Crippen LogP contribution is 2.22. The molecule has 1 heterocycles. The molecule has 1 aliphatic heterocycles. The van der Waals surface area contributed by atoms with Crippen molar-refractivity contribution < 1.29 is 14.4 Å². The second-order valence-corrected chi connectivity index (χ2v) is 5.93. The molecular formula is C18H25N3O3. The van der Waals surface area contributed by atoms with Crippen LogP contribution in [0.25, 0.3) is 0 Å². The normalized spacial score (nSPS) is 14.0. The van der Waals surface area contributed by atoms with E-state index in [1.165, 1.54) is 4.90 Å². The minimum atomic E-state index is -0.219. The number of hydrogen-bond donors (Lipinski definition) is 0. The van der Waals surface area contributed by atoms with Crippen LogP contribution >= 0.6 is 0 Å². The molecule has 1 aromatic rings. The summed E-state index contributed by atoms with van der Waals surface area (Å²) in [7, 11) is 1.62. The molecule has 130 valence electrons. The number of benzene rings is 1. The highest BCUT2D eigenvalue weighted by Gasteiger charge is 2.23. The smallest absolute Gasteiger partial charge is 0.254 e. The van der Waals surface area contributed by atoms with E-state index in [9.17, 15) is 14.4 Å². The first kappa shape index (κ1) is 18.0. The van der Waals surface area contributed by atoms with Crippen LogP contribution < -0.4 is 4.90 Å². The maximum Gasteiger partial charge on any atom is 0.254 e. The molecule has 1 aromatic carbocycles. The van der Waals surface area contributed by atoms with E-state index < -0.39 is 0 Å². The molecule has 3 amide bonds. The molecular weight excluding hydrogens is 306 g/mol. The largest absolute Gasteiger partial charge is 0.342 e. The minimum absolute atomic E-state index is 0.0490. The van der Waals surface area contributed by atoms with Crippen molar-refractivity contribution in [3.63, 3.8) is 0 Å². The molecule has 0 aliphatic carbocycles. The van der Waals surface area contributed by atoms with Gasteiger partial charge in [-0.2, -0.15) is 0 Å². The predicted octanol–water partition coefficient (Wildman–Crippen LogP) is 1.75. The van der Waals surface area contributed by atoms with E-state index in [0.717, 1.165) is 12.1 Å². The van der Waals surface area contributed by atoms with Gasteiger partial charge in [-0.25, -0.2) is 0 Å². The van der Waals surface area contributed by atoms with Crippen LogP contribution in [0.3, 0.4) is 0 Å². The lowest BCUT2D eigenvalue weighted by Gasteiger charge is -2.23. The lowest BCUT2D eigenvalue weighted by Crippen LogP contribution is -2.41. The Morgan fingerprint density at radius 1 is 1.21 bits per heavy atom. The van der Waals surface area contributed by atoms with Crippen LogP contribution in [0.4, 0.5) is 5.69 Å². The Kier molecular flexibility index (Phi) is 5.95. The fourth-order valence-electron chi connectivity index (χ4n) is 2.90. The third kappa shape index (κ3) is 3.93. The molecule has 0 radical (unpaired) electrons. The molecule has 0 saturated carbocycles. The van der Waals surface area contributed by atoms with Crippen LogP contribution in [0.1, 0.15) is 37.0 Å². The number of likely N-dealkylation sites (N-methyl/N-ethyl adjacent to an activating group) is 2. The van der Waals surface area contributed by atoms with E-state index in [4.69, 9.17) is 0 Å². The molecule has 2 rings (SSSR count). The van der Waals surface area contributed by atoms with Crippen molar-refractivity contribution in [1.29, 1.82) is 0 Å². The summed E-state index contributed by atoms with van der Waals surface area (Å²) in [6.07, 6.45) is 1.39. The van der Waals surface area contributed by atoms with Gasteiger partial charge < -0.3 is 14.7 Å². The number of carbonyl (C=O) groups is 3. The molecule has 1 aliphatic rings. The van der Waals surface area contributed by atoms with Crippen LogP contribution in [0.5, 0.6) is 0 Å². The number of carbonyl (C=O) groups excluding carboxylic acids is 3. The molecule has 1 fully saturated rings. The average molecular weight is 331 g/mol. The molecule has 6 nitrogen and oxygen atoms in total. The maximum atomic E-state index is 12.6. The predicted molar refractivity (Wildman–Crippen MR) is 92.9 cm³/mol. The molecule has 1 saturated heterocycles. The second-order valence-electron chi connectivity index (χ2n) is 5.93. The Bertz CT molecular complexity index is 626. The van der Waals surface area contributed by atoms with E-state index >= 15 is 0 Å². The number of rotatable bonds is 6. The van der Waals surface area contributed by atoms with Gasteiger partial charge in [0, 0.05) is 44.4 Å². The van der Waals surface area contributed by atoms with Gasteiger partial charge >= 0.3 is 0 Å². The van der Waals surface area contributed by atoms with Crippen molar-refractivity contribution in [2.45, 2.75) is 26.7 Å². The van der Waals surface area contributed by atoms with Gasteiger partial charge in [0.25, 0.3) is 5.91 Å². The van der Waals surface area contributed by atoms with Crippen molar-refractivity contribution in [1.82, 2.24) is 9.80 Å². The van der Waals surface area contributed by atoms with Crippen LogP contribution in [-0.4, -0.2) is 60.7 Å². The maximum absolute atomic E-state index is 12.6. The number of anilines is 1. The summed E-state index contributed by atoms with van der Waals surface area (Å²) in [5.41, 5.74) is 1.23. The van der Waals surface area contributed by atoms with E-state index in [2.05, 4.69) is 0 Å². The first-order valence-electron chi connectivity index (χ1n) is 8.41. The Labute approximate surface area is 143 Å². The van der Waals surface area contributed by atoms with Gasteiger partial charge in [0.05, 0.1) is 6.54 Å². The third-order valence-corrected chi connectivity index (χ3v) is 4.31. The van der Waals surface area contributed by atoms with Crippen molar-refractivity contribution in [2.24, 2.45) is 0 Å². The second kappa shape index (κ2) is 7.95. The number of amides is 3. The van der Waals surface area contributed by atoms with Gasteiger partial charge in [0.15, 0.2) is 0 Å². The van der Waals surface area contributed by atoms with Crippen LogP contribution in [0.2, 0.25) is 0 Å². The van der Waals surface area contributed by atoms with Gasteiger partial charge in [-0.15, -0.1) is 0 Å². The topological polar surface area (TPSA) is 60.9 Å². The molecule has 0 unspecified atom stereocenters. The van der Waals surface area contributed by atoms with Crippen molar-refractivity contribution in [3.8, 4) is 0 Å². The fourth-order valence-corrected chi connectivity index (χ4v) is 2.90. The highest BCUT2D eigenvalue weighted by atomic mass is 16.2. The quantitative estimate of drug-likeness (QED) is 0.798. The van der Waals surface area contributed by atoms with Crippen molar-refractivity contribution in [3.05, 3.63) is 29.8 Å². The number of hydrogen-bond acceptors (Lipinski definition) is 3. The molecule has 0 spiro atoms. The summed E-state index contributed by atoms with van der Waals surface area (Å²) in [6.45, 7) is 5.83. The Hall–Kier alpha value is -2.37. The third-order valence-electron chi connectivity index (χ3n) is 4.31. The zero-order chi connectivity index (χ0) is 17.7. The summed E-state index contributed by atoms with van der Waals surface area (Å²) in [6, 6.07) is 7.05.